The minimum absolute atomic E-state index is 0. The van der Waals surface area contributed by atoms with Gasteiger partial charge in [0.05, 0.1) is 0 Å². The van der Waals surface area contributed by atoms with Crippen LogP contribution in [0.4, 0.5) is 0 Å². The van der Waals surface area contributed by atoms with E-state index in [0.717, 1.165) is 26.1 Å². The molecule has 4 fully saturated rings. The molecule has 0 bridgehead atoms. The van der Waals surface area contributed by atoms with Crippen LogP contribution in [0.25, 0.3) is 0 Å². The standard InChI is InChI=1S/C19H33N3OS.2ClH/c23-17(16-14-18(16)6-8-20-9-7-18)21-15-19(4-2-1-3-5-19)22-10-12-24-13-11-22;;/h16,20H,1-15H2,(H,21,23);2*1H. The molecule has 7 heteroatoms. The summed E-state index contributed by atoms with van der Waals surface area (Å²) in [7, 11) is 0. The third-order valence-electron chi connectivity index (χ3n) is 7.16. The molecule has 152 valence electrons. The van der Waals surface area contributed by atoms with Gasteiger partial charge in [-0.3, -0.25) is 9.69 Å². The van der Waals surface area contributed by atoms with Gasteiger partial charge in [0.15, 0.2) is 0 Å². The zero-order valence-electron chi connectivity index (χ0n) is 15.8. The molecule has 2 aliphatic carbocycles. The lowest BCUT2D eigenvalue weighted by Gasteiger charge is -2.48. The van der Waals surface area contributed by atoms with Gasteiger partial charge in [0.2, 0.25) is 5.91 Å². The summed E-state index contributed by atoms with van der Waals surface area (Å²) in [6, 6.07) is 0. The van der Waals surface area contributed by atoms with Crippen LogP contribution in [-0.4, -0.2) is 60.6 Å². The molecule has 0 radical (unpaired) electrons. The Hall–Kier alpha value is 0.320. The first-order chi connectivity index (χ1) is 11.7. The average molecular weight is 424 g/mol. The smallest absolute Gasteiger partial charge is 0.223 e. The molecule has 1 spiro atoms. The van der Waals surface area contributed by atoms with Gasteiger partial charge in [-0.05, 0) is 50.6 Å². The van der Waals surface area contributed by atoms with Gasteiger partial charge in [-0.1, -0.05) is 19.3 Å². The van der Waals surface area contributed by atoms with Crippen molar-refractivity contribution < 1.29 is 4.79 Å². The summed E-state index contributed by atoms with van der Waals surface area (Å²) >= 11 is 2.08. The quantitative estimate of drug-likeness (QED) is 0.728. The second-order valence-electron chi connectivity index (χ2n) is 8.47. The van der Waals surface area contributed by atoms with Crippen LogP contribution in [-0.2, 0) is 4.79 Å². The Labute approximate surface area is 175 Å². The second kappa shape index (κ2) is 9.69. The lowest BCUT2D eigenvalue weighted by molar-refractivity contribution is -0.124. The van der Waals surface area contributed by atoms with E-state index >= 15 is 0 Å². The molecule has 0 aromatic carbocycles. The van der Waals surface area contributed by atoms with E-state index < -0.39 is 0 Å². The highest BCUT2D eigenvalue weighted by molar-refractivity contribution is 7.99. The van der Waals surface area contributed by atoms with E-state index in [2.05, 4.69) is 27.3 Å². The molecule has 4 rings (SSSR count). The number of carbonyl (C=O) groups excluding carboxylic acids is 1. The fourth-order valence-electron chi connectivity index (χ4n) is 5.42. The van der Waals surface area contributed by atoms with E-state index in [4.69, 9.17) is 0 Å². The van der Waals surface area contributed by atoms with Crippen molar-refractivity contribution in [2.45, 2.75) is 56.9 Å². The summed E-state index contributed by atoms with van der Waals surface area (Å²) in [5, 5.41) is 6.85. The van der Waals surface area contributed by atoms with Crippen molar-refractivity contribution in [2.75, 3.05) is 44.2 Å². The van der Waals surface area contributed by atoms with Crippen molar-refractivity contribution in [2.24, 2.45) is 11.3 Å². The predicted octanol–water partition coefficient (Wildman–Crippen LogP) is 3.09. The monoisotopic (exact) mass is 423 g/mol. The molecule has 2 saturated carbocycles. The van der Waals surface area contributed by atoms with Crippen molar-refractivity contribution >= 4 is 42.5 Å². The molecule has 2 saturated heterocycles. The summed E-state index contributed by atoms with van der Waals surface area (Å²) in [6.07, 6.45) is 10.1. The molecule has 2 N–H and O–H groups in total. The number of hydrogen-bond acceptors (Lipinski definition) is 4. The highest BCUT2D eigenvalue weighted by Gasteiger charge is 2.57. The minimum atomic E-state index is 0. The van der Waals surface area contributed by atoms with E-state index in [1.54, 1.807) is 0 Å². The maximum atomic E-state index is 12.8. The summed E-state index contributed by atoms with van der Waals surface area (Å²) < 4.78 is 0. The Morgan fingerprint density at radius 2 is 1.69 bits per heavy atom. The average Bonchev–Trinajstić information content (AvgIpc) is 3.35. The van der Waals surface area contributed by atoms with Crippen LogP contribution in [0.2, 0.25) is 0 Å². The third kappa shape index (κ3) is 4.65. The Morgan fingerprint density at radius 1 is 1.04 bits per heavy atom. The third-order valence-corrected chi connectivity index (χ3v) is 8.11. The van der Waals surface area contributed by atoms with Gasteiger partial charge >= 0.3 is 0 Å². The van der Waals surface area contributed by atoms with Crippen LogP contribution in [0.5, 0.6) is 0 Å². The number of thioether (sulfide) groups is 1. The zero-order valence-corrected chi connectivity index (χ0v) is 18.2. The molecule has 0 aromatic heterocycles. The van der Waals surface area contributed by atoms with Gasteiger partial charge in [-0.2, -0.15) is 11.8 Å². The first-order valence-electron chi connectivity index (χ1n) is 10.1. The normalized spacial score (nSPS) is 29.9. The molecule has 1 amide bonds. The Bertz CT molecular complexity index is 462. The van der Waals surface area contributed by atoms with Crippen LogP contribution >= 0.6 is 36.6 Å². The summed E-state index contributed by atoms with van der Waals surface area (Å²) in [4.78, 5) is 15.5. The summed E-state index contributed by atoms with van der Waals surface area (Å²) in [6.45, 7) is 5.50. The molecular weight excluding hydrogens is 389 g/mol. The Balaban J connectivity index is 0.00000121. The van der Waals surface area contributed by atoms with Gasteiger partial charge in [-0.25, -0.2) is 0 Å². The summed E-state index contributed by atoms with van der Waals surface area (Å²) in [5.41, 5.74) is 0.613. The van der Waals surface area contributed by atoms with Crippen LogP contribution in [0.3, 0.4) is 0 Å². The first-order valence-corrected chi connectivity index (χ1v) is 11.2. The van der Waals surface area contributed by atoms with Gasteiger partial charge in [0.1, 0.15) is 0 Å². The van der Waals surface area contributed by atoms with Crippen molar-refractivity contribution in [3.63, 3.8) is 0 Å². The molecule has 4 nitrogen and oxygen atoms in total. The van der Waals surface area contributed by atoms with Crippen molar-refractivity contribution in [3.8, 4) is 0 Å². The van der Waals surface area contributed by atoms with E-state index in [1.165, 1.54) is 69.5 Å². The van der Waals surface area contributed by atoms with Gasteiger partial charge in [0.25, 0.3) is 0 Å². The van der Waals surface area contributed by atoms with Crippen LogP contribution in [0.15, 0.2) is 0 Å². The lowest BCUT2D eigenvalue weighted by Crippen LogP contribution is -2.59. The number of nitrogens with zero attached hydrogens (tertiary/aromatic N) is 1. The number of rotatable bonds is 4. The van der Waals surface area contributed by atoms with Crippen molar-refractivity contribution in [1.82, 2.24) is 15.5 Å². The molecule has 4 aliphatic rings. The maximum absolute atomic E-state index is 12.8. The highest BCUT2D eigenvalue weighted by Crippen LogP contribution is 2.58. The number of nitrogens with one attached hydrogen (secondary N) is 2. The second-order valence-corrected chi connectivity index (χ2v) is 9.70. The van der Waals surface area contributed by atoms with Crippen molar-refractivity contribution in [3.05, 3.63) is 0 Å². The molecule has 1 atom stereocenters. The number of halogens is 2. The summed E-state index contributed by atoms with van der Waals surface area (Å²) in [5.74, 6) is 3.17. The van der Waals surface area contributed by atoms with Crippen molar-refractivity contribution in [1.29, 1.82) is 0 Å². The van der Waals surface area contributed by atoms with E-state index in [0.29, 0.717) is 17.2 Å². The lowest BCUT2D eigenvalue weighted by atomic mass is 9.80. The molecule has 2 aliphatic heterocycles. The van der Waals surface area contributed by atoms with E-state index in [9.17, 15) is 4.79 Å². The number of piperidine rings is 1. The van der Waals surface area contributed by atoms with Gasteiger partial charge in [0, 0.05) is 42.6 Å². The van der Waals surface area contributed by atoms with E-state index in [-0.39, 0.29) is 30.4 Å². The number of amides is 1. The minimum Gasteiger partial charge on any atom is -0.354 e. The first kappa shape index (κ1) is 22.6. The van der Waals surface area contributed by atoms with Crippen LogP contribution in [0, 0.1) is 11.3 Å². The number of hydrogen-bond donors (Lipinski definition) is 2. The Morgan fingerprint density at radius 3 is 2.35 bits per heavy atom. The highest BCUT2D eigenvalue weighted by atomic mass is 35.5. The van der Waals surface area contributed by atoms with Gasteiger partial charge < -0.3 is 10.6 Å². The fraction of sp³-hybridized carbons (Fsp3) is 0.947. The van der Waals surface area contributed by atoms with E-state index in [1.807, 2.05) is 0 Å². The SMILES string of the molecule is Cl.Cl.O=C(NCC1(N2CCSCC2)CCCCC1)C1CC12CCNCC2. The predicted molar refractivity (Wildman–Crippen MR) is 115 cm³/mol. The van der Waals surface area contributed by atoms with Crippen LogP contribution < -0.4 is 10.6 Å². The molecule has 0 aromatic rings. The largest absolute Gasteiger partial charge is 0.354 e. The topological polar surface area (TPSA) is 44.4 Å². The van der Waals surface area contributed by atoms with Crippen LogP contribution in [0.1, 0.15) is 51.4 Å². The molecule has 1 unspecified atom stereocenters. The fourth-order valence-corrected chi connectivity index (χ4v) is 6.33. The molecule has 2 heterocycles. The maximum Gasteiger partial charge on any atom is 0.223 e. The Kier molecular flexibility index (Phi) is 8.42. The molecular formula is C19H35Cl2N3OS. The number of carbonyl (C=O) groups is 1. The molecule has 26 heavy (non-hydrogen) atoms. The zero-order chi connectivity index (χ0) is 16.5. The van der Waals surface area contributed by atoms with Gasteiger partial charge in [-0.15, -0.1) is 24.8 Å².